The molecule has 0 bridgehead atoms. The van der Waals surface area contributed by atoms with Crippen LogP contribution in [-0.2, 0) is 6.42 Å². The van der Waals surface area contributed by atoms with E-state index >= 15 is 0 Å². The average Bonchev–Trinajstić information content (AvgIpc) is 3.39. The molecule has 1 aliphatic heterocycles. The van der Waals surface area contributed by atoms with Gasteiger partial charge < -0.3 is 4.90 Å². The number of thiazole rings is 1. The molecule has 1 fully saturated rings. The maximum atomic E-state index is 13.2. The van der Waals surface area contributed by atoms with Gasteiger partial charge in [-0.15, -0.1) is 11.3 Å². The van der Waals surface area contributed by atoms with Crippen LogP contribution in [0.4, 0.5) is 0 Å². The van der Waals surface area contributed by atoms with Crippen molar-refractivity contribution >= 4 is 27.3 Å². The lowest BCUT2D eigenvalue weighted by Gasteiger charge is -2.29. The number of rotatable bonds is 5. The van der Waals surface area contributed by atoms with Crippen molar-refractivity contribution in [2.45, 2.75) is 57.8 Å². The van der Waals surface area contributed by atoms with Gasteiger partial charge >= 0.3 is 0 Å². The summed E-state index contributed by atoms with van der Waals surface area (Å²) in [5.41, 5.74) is 5.89. The van der Waals surface area contributed by atoms with Crippen molar-refractivity contribution in [3.8, 4) is 0 Å². The van der Waals surface area contributed by atoms with E-state index in [-0.39, 0.29) is 5.78 Å². The number of fused-ring (bicyclic) bond motifs is 2. The minimum atomic E-state index is 0.271. The van der Waals surface area contributed by atoms with Crippen LogP contribution in [0.15, 0.2) is 36.4 Å². The van der Waals surface area contributed by atoms with E-state index < -0.39 is 0 Å². The molecule has 1 atom stereocenters. The SMILES string of the molecule is CCN1CCC(c2nc3c(C)cc(C(=O)C[C@H]4CCc5ccccc54)cc3s2)CC1. The van der Waals surface area contributed by atoms with E-state index in [1.54, 1.807) is 0 Å². The van der Waals surface area contributed by atoms with Crippen molar-refractivity contribution in [2.24, 2.45) is 0 Å². The van der Waals surface area contributed by atoms with Crippen molar-refractivity contribution in [1.82, 2.24) is 9.88 Å². The zero-order valence-corrected chi connectivity index (χ0v) is 18.8. The Morgan fingerprint density at radius 1 is 1.17 bits per heavy atom. The van der Waals surface area contributed by atoms with Gasteiger partial charge in [-0.1, -0.05) is 31.2 Å². The molecule has 0 amide bonds. The number of likely N-dealkylation sites (tertiary alicyclic amines) is 1. The quantitative estimate of drug-likeness (QED) is 0.469. The van der Waals surface area contributed by atoms with Crippen LogP contribution >= 0.6 is 11.3 Å². The highest BCUT2D eigenvalue weighted by molar-refractivity contribution is 7.18. The minimum absolute atomic E-state index is 0.271. The number of hydrogen-bond donors (Lipinski definition) is 0. The number of nitrogens with zero attached hydrogens (tertiary/aromatic N) is 2. The molecule has 1 aliphatic carbocycles. The number of ketones is 1. The van der Waals surface area contributed by atoms with Gasteiger partial charge in [-0.05, 0) is 87.0 Å². The van der Waals surface area contributed by atoms with Crippen LogP contribution in [0, 0.1) is 6.92 Å². The lowest BCUT2D eigenvalue weighted by Crippen LogP contribution is -2.32. The molecule has 1 saturated heterocycles. The normalized spacial score (nSPS) is 20.0. The highest BCUT2D eigenvalue weighted by atomic mass is 32.1. The summed E-state index contributed by atoms with van der Waals surface area (Å²) in [6, 6.07) is 12.8. The Bertz CT molecular complexity index is 1080. The lowest BCUT2D eigenvalue weighted by atomic mass is 9.92. The number of aromatic nitrogens is 1. The predicted molar refractivity (Wildman–Crippen MR) is 125 cm³/mol. The molecule has 2 heterocycles. The Hall–Kier alpha value is -2.04. The molecule has 4 heteroatoms. The summed E-state index contributed by atoms with van der Waals surface area (Å²) in [6.45, 7) is 7.82. The fraction of sp³-hybridized carbons (Fsp3) is 0.462. The Balaban J connectivity index is 1.36. The molecular weight excluding hydrogens is 388 g/mol. The van der Waals surface area contributed by atoms with Crippen molar-refractivity contribution in [1.29, 1.82) is 0 Å². The van der Waals surface area contributed by atoms with Gasteiger partial charge in [0.25, 0.3) is 0 Å². The second kappa shape index (κ2) is 8.24. The van der Waals surface area contributed by atoms with Gasteiger partial charge in [-0.25, -0.2) is 4.98 Å². The molecule has 3 nitrogen and oxygen atoms in total. The van der Waals surface area contributed by atoms with Gasteiger partial charge in [0, 0.05) is 17.9 Å². The first-order valence-corrected chi connectivity index (χ1v) is 12.2. The van der Waals surface area contributed by atoms with Crippen LogP contribution in [0.1, 0.15) is 76.5 Å². The molecular formula is C26H30N2OS. The lowest BCUT2D eigenvalue weighted by molar-refractivity contribution is 0.0973. The molecule has 5 rings (SSSR count). The molecule has 1 aromatic heterocycles. The predicted octanol–water partition coefficient (Wildman–Crippen LogP) is 6.11. The molecule has 156 valence electrons. The van der Waals surface area contributed by atoms with E-state index in [2.05, 4.69) is 55.1 Å². The van der Waals surface area contributed by atoms with Gasteiger partial charge in [0.2, 0.25) is 0 Å². The van der Waals surface area contributed by atoms with Gasteiger partial charge in [0.15, 0.2) is 5.78 Å². The summed E-state index contributed by atoms with van der Waals surface area (Å²) >= 11 is 1.81. The van der Waals surface area contributed by atoms with E-state index in [0.717, 1.165) is 36.0 Å². The van der Waals surface area contributed by atoms with Crippen LogP contribution in [-0.4, -0.2) is 35.3 Å². The largest absolute Gasteiger partial charge is 0.304 e. The second-order valence-electron chi connectivity index (χ2n) is 8.96. The van der Waals surface area contributed by atoms with E-state index in [9.17, 15) is 4.79 Å². The van der Waals surface area contributed by atoms with Crippen molar-refractivity contribution < 1.29 is 4.79 Å². The van der Waals surface area contributed by atoms with E-state index in [0.29, 0.717) is 18.3 Å². The highest BCUT2D eigenvalue weighted by Crippen LogP contribution is 2.38. The third kappa shape index (κ3) is 3.72. The fourth-order valence-electron chi connectivity index (χ4n) is 5.24. The van der Waals surface area contributed by atoms with Crippen LogP contribution in [0.3, 0.4) is 0 Å². The smallest absolute Gasteiger partial charge is 0.163 e. The topological polar surface area (TPSA) is 33.2 Å². The number of hydrogen-bond acceptors (Lipinski definition) is 4. The zero-order valence-electron chi connectivity index (χ0n) is 18.0. The summed E-state index contributed by atoms with van der Waals surface area (Å²) in [6.07, 6.45) is 5.19. The Morgan fingerprint density at radius 3 is 2.77 bits per heavy atom. The second-order valence-corrected chi connectivity index (χ2v) is 10.0. The number of piperidine rings is 1. The minimum Gasteiger partial charge on any atom is -0.304 e. The van der Waals surface area contributed by atoms with E-state index in [4.69, 9.17) is 4.98 Å². The first-order chi connectivity index (χ1) is 14.6. The average molecular weight is 419 g/mol. The molecule has 2 aromatic carbocycles. The number of carbonyl (C=O) groups is 1. The summed E-state index contributed by atoms with van der Waals surface area (Å²) < 4.78 is 1.18. The standard InChI is InChI=1S/C26H30N2OS/c1-3-28-12-10-19(11-13-28)26-27-25-17(2)14-21(16-24(25)30-26)23(29)15-20-9-8-18-6-4-5-7-22(18)20/h4-7,14,16,19-20H,3,8-13,15H2,1-2H3/t20-/m1/s1. The molecule has 30 heavy (non-hydrogen) atoms. The first-order valence-electron chi connectivity index (χ1n) is 11.4. The summed E-state index contributed by atoms with van der Waals surface area (Å²) in [7, 11) is 0. The summed E-state index contributed by atoms with van der Waals surface area (Å²) in [5.74, 6) is 1.21. The third-order valence-electron chi connectivity index (χ3n) is 7.10. The summed E-state index contributed by atoms with van der Waals surface area (Å²) in [4.78, 5) is 20.7. The monoisotopic (exact) mass is 418 g/mol. The first kappa shape index (κ1) is 19.9. The third-order valence-corrected chi connectivity index (χ3v) is 8.26. The fourth-order valence-corrected chi connectivity index (χ4v) is 6.50. The van der Waals surface area contributed by atoms with Crippen molar-refractivity contribution in [2.75, 3.05) is 19.6 Å². The van der Waals surface area contributed by atoms with E-state index in [1.165, 1.54) is 46.8 Å². The van der Waals surface area contributed by atoms with Crippen molar-refractivity contribution in [3.05, 3.63) is 63.7 Å². The molecule has 0 radical (unpaired) electrons. The zero-order chi connectivity index (χ0) is 20.7. The summed E-state index contributed by atoms with van der Waals surface area (Å²) in [5, 5.41) is 1.26. The van der Waals surface area contributed by atoms with Crippen LogP contribution in [0.5, 0.6) is 0 Å². The van der Waals surface area contributed by atoms with Crippen LogP contribution < -0.4 is 0 Å². The Morgan fingerprint density at radius 2 is 1.97 bits per heavy atom. The van der Waals surface area contributed by atoms with Gasteiger partial charge in [0.1, 0.15) is 0 Å². The molecule has 2 aliphatic rings. The Labute approximate surface area is 183 Å². The van der Waals surface area contributed by atoms with Gasteiger partial charge in [-0.2, -0.15) is 0 Å². The molecule has 0 unspecified atom stereocenters. The van der Waals surface area contributed by atoms with Gasteiger partial charge in [0.05, 0.1) is 15.2 Å². The maximum Gasteiger partial charge on any atom is 0.163 e. The number of carbonyl (C=O) groups excluding carboxylic acids is 1. The number of Topliss-reactive ketones (excluding diaryl/α,β-unsaturated/α-hetero) is 1. The van der Waals surface area contributed by atoms with Crippen LogP contribution in [0.2, 0.25) is 0 Å². The molecule has 0 saturated carbocycles. The highest BCUT2D eigenvalue weighted by Gasteiger charge is 2.26. The molecule has 3 aromatic rings. The number of aryl methyl sites for hydroxylation is 2. The maximum absolute atomic E-state index is 13.2. The van der Waals surface area contributed by atoms with Crippen LogP contribution in [0.25, 0.3) is 10.2 Å². The Kier molecular flexibility index (Phi) is 5.46. The molecule has 0 N–H and O–H groups in total. The van der Waals surface area contributed by atoms with E-state index in [1.807, 2.05) is 11.3 Å². The molecule has 0 spiro atoms. The van der Waals surface area contributed by atoms with Crippen molar-refractivity contribution in [3.63, 3.8) is 0 Å². The number of benzene rings is 2. The van der Waals surface area contributed by atoms with Gasteiger partial charge in [-0.3, -0.25) is 4.79 Å².